The molecule has 0 aromatic rings. The Morgan fingerprint density at radius 3 is 1.18 bits per heavy atom. The molecule has 0 aliphatic carbocycles. The van der Waals surface area contributed by atoms with Crippen LogP contribution < -0.4 is 0 Å². The van der Waals surface area contributed by atoms with Crippen molar-refractivity contribution < 1.29 is 4.79 Å². The molecule has 0 aromatic carbocycles. The van der Waals surface area contributed by atoms with Crippen LogP contribution in [-0.4, -0.2) is 63.3 Å². The number of ketones is 1. The lowest BCUT2D eigenvalue weighted by Crippen LogP contribution is -2.07. The summed E-state index contributed by atoms with van der Waals surface area (Å²) < 4.78 is 0. The van der Waals surface area contributed by atoms with E-state index in [1.165, 1.54) is 34.5 Å². The van der Waals surface area contributed by atoms with Crippen LogP contribution in [0.3, 0.4) is 0 Å². The van der Waals surface area contributed by atoms with Gasteiger partial charge in [-0.15, -0.1) is 0 Å². The smallest absolute Gasteiger partial charge is 0.152 e. The van der Waals surface area contributed by atoms with Gasteiger partial charge in [0.15, 0.2) is 5.78 Å². The molecule has 0 bridgehead atoms. The van der Waals surface area contributed by atoms with E-state index in [1.54, 1.807) is 23.5 Å². The van der Waals surface area contributed by atoms with Crippen LogP contribution in [0.15, 0.2) is 0 Å². The van der Waals surface area contributed by atoms with E-state index in [2.05, 4.69) is 11.8 Å². The number of rotatable bonds is 0. The Morgan fingerprint density at radius 2 is 0.824 bits per heavy atom. The largest absolute Gasteiger partial charge is 0.298 e. The Kier molecular flexibility index (Phi) is 12.1. The van der Waals surface area contributed by atoms with Gasteiger partial charge in [-0.25, -0.2) is 0 Å². The van der Waals surface area contributed by atoms with Gasteiger partial charge in [-0.3, -0.25) is 4.79 Å². The molecule has 100 valence electrons. The minimum absolute atomic E-state index is 0.414. The average Bonchev–Trinajstić information content (AvgIpc) is 2.32. The molecule has 0 unspecified atom stereocenters. The molecule has 0 spiro atoms. The van der Waals surface area contributed by atoms with Gasteiger partial charge < -0.3 is 0 Å². The molecule has 1 heterocycles. The molecule has 1 aliphatic rings. The van der Waals surface area contributed by atoms with Gasteiger partial charge in [0, 0.05) is 46.0 Å². The average molecular weight is 329 g/mol. The molecule has 0 saturated carbocycles. The summed E-state index contributed by atoms with van der Waals surface area (Å²) in [5.41, 5.74) is 0. The van der Waals surface area contributed by atoms with Crippen molar-refractivity contribution >= 4 is 64.6 Å². The van der Waals surface area contributed by atoms with Crippen molar-refractivity contribution in [2.24, 2.45) is 0 Å². The third kappa shape index (κ3) is 11.0. The van der Waals surface area contributed by atoms with Gasteiger partial charge in [0.25, 0.3) is 0 Å². The molecule has 0 aromatic heterocycles. The molecule has 1 saturated heterocycles. The quantitative estimate of drug-likeness (QED) is 0.674. The molecule has 0 atom stereocenters. The third-order valence-corrected chi connectivity index (χ3v) is 8.04. The lowest BCUT2D eigenvalue weighted by Gasteiger charge is -2.05. The molecule has 1 fully saturated rings. The van der Waals surface area contributed by atoms with Crippen molar-refractivity contribution in [1.29, 1.82) is 0 Å². The lowest BCUT2D eigenvalue weighted by atomic mass is 10.5. The van der Waals surface area contributed by atoms with E-state index in [0.29, 0.717) is 5.78 Å². The van der Waals surface area contributed by atoms with Crippen molar-refractivity contribution in [2.45, 2.75) is 0 Å². The van der Waals surface area contributed by atoms with Crippen LogP contribution in [0.1, 0.15) is 0 Å². The maximum Gasteiger partial charge on any atom is 0.152 e. The summed E-state index contributed by atoms with van der Waals surface area (Å²) in [6, 6.07) is 0. The predicted octanol–water partition coefficient (Wildman–Crippen LogP) is 3.24. The number of hydrogen-bond acceptors (Lipinski definition) is 6. The van der Waals surface area contributed by atoms with Crippen molar-refractivity contribution in [2.75, 3.05) is 57.5 Å². The van der Waals surface area contributed by atoms with E-state index in [4.69, 9.17) is 0 Å². The number of Topliss-reactive ketones (excluding diaryl/α,β-unsaturated/α-hetero) is 1. The summed E-state index contributed by atoms with van der Waals surface area (Å²) in [6.45, 7) is 0. The summed E-state index contributed by atoms with van der Waals surface area (Å²) in [5.74, 6) is 11.6. The van der Waals surface area contributed by atoms with Gasteiger partial charge in [0.2, 0.25) is 0 Å². The fraction of sp³-hybridized carbons (Fsp3) is 0.909. The molecule has 17 heavy (non-hydrogen) atoms. The van der Waals surface area contributed by atoms with Crippen LogP contribution >= 0.6 is 58.8 Å². The Labute approximate surface area is 126 Å². The fourth-order valence-electron chi connectivity index (χ4n) is 1.19. The summed E-state index contributed by atoms with van der Waals surface area (Å²) in [6.07, 6.45) is 0. The highest BCUT2D eigenvalue weighted by Crippen LogP contribution is 2.14. The molecule has 6 heteroatoms. The highest BCUT2D eigenvalue weighted by molar-refractivity contribution is 8.06. The van der Waals surface area contributed by atoms with E-state index in [-0.39, 0.29) is 0 Å². The Bertz CT molecular complexity index is 182. The van der Waals surface area contributed by atoms with E-state index >= 15 is 0 Å². The van der Waals surface area contributed by atoms with Crippen molar-refractivity contribution in [3.63, 3.8) is 0 Å². The van der Waals surface area contributed by atoms with Gasteiger partial charge >= 0.3 is 0 Å². The van der Waals surface area contributed by atoms with Crippen LogP contribution in [0.25, 0.3) is 0 Å². The fourth-order valence-corrected chi connectivity index (χ4v) is 6.65. The predicted molar refractivity (Wildman–Crippen MR) is 91.6 cm³/mol. The number of thioether (sulfide) groups is 5. The standard InChI is InChI=1S/C11H20OS5/c12-11-9-16-7-5-14-3-1-13-2-4-15-6-8-17-10-11/h1-10H2. The Balaban J connectivity index is 2.11. The Hall–Kier alpha value is 1.42. The highest BCUT2D eigenvalue weighted by atomic mass is 32.2. The summed E-state index contributed by atoms with van der Waals surface area (Å²) in [4.78, 5) is 11.5. The van der Waals surface area contributed by atoms with Crippen LogP contribution in [0, 0.1) is 0 Å². The number of carbonyl (C=O) groups excluding carboxylic acids is 1. The minimum Gasteiger partial charge on any atom is -0.298 e. The normalized spacial score (nSPS) is 23.4. The zero-order valence-electron chi connectivity index (χ0n) is 10.0. The van der Waals surface area contributed by atoms with Crippen LogP contribution in [0.2, 0.25) is 0 Å². The maximum atomic E-state index is 11.5. The molecular formula is C11H20OS5. The zero-order valence-corrected chi connectivity index (χ0v) is 14.1. The molecule has 0 radical (unpaired) electrons. The van der Waals surface area contributed by atoms with Crippen molar-refractivity contribution in [3.05, 3.63) is 0 Å². The first-order valence-corrected chi connectivity index (χ1v) is 11.6. The second kappa shape index (κ2) is 12.5. The first-order chi connectivity index (χ1) is 8.39. The first kappa shape index (κ1) is 16.5. The summed E-state index contributed by atoms with van der Waals surface area (Å²) >= 11 is 9.73. The van der Waals surface area contributed by atoms with Gasteiger partial charge in [-0.05, 0) is 0 Å². The van der Waals surface area contributed by atoms with Gasteiger partial charge in [0.1, 0.15) is 0 Å². The van der Waals surface area contributed by atoms with Crippen LogP contribution in [0.4, 0.5) is 0 Å². The van der Waals surface area contributed by atoms with Crippen LogP contribution in [-0.2, 0) is 4.79 Å². The topological polar surface area (TPSA) is 17.1 Å². The number of carbonyl (C=O) groups is 1. The third-order valence-electron chi connectivity index (χ3n) is 2.01. The second-order valence-corrected chi connectivity index (χ2v) is 9.37. The van der Waals surface area contributed by atoms with E-state index in [1.807, 2.05) is 23.5 Å². The van der Waals surface area contributed by atoms with Crippen molar-refractivity contribution in [3.8, 4) is 0 Å². The summed E-state index contributed by atoms with van der Waals surface area (Å²) in [7, 11) is 0. The molecule has 1 aliphatic heterocycles. The number of hydrogen-bond donors (Lipinski definition) is 0. The van der Waals surface area contributed by atoms with E-state index < -0.39 is 0 Å². The first-order valence-electron chi connectivity index (χ1n) is 5.80. The molecule has 1 nitrogen and oxygen atoms in total. The van der Waals surface area contributed by atoms with Crippen LogP contribution in [0.5, 0.6) is 0 Å². The monoisotopic (exact) mass is 328 g/mol. The minimum atomic E-state index is 0.414. The van der Waals surface area contributed by atoms with E-state index in [9.17, 15) is 4.79 Å². The zero-order chi connectivity index (χ0) is 12.2. The van der Waals surface area contributed by atoms with Crippen molar-refractivity contribution in [1.82, 2.24) is 0 Å². The summed E-state index contributed by atoms with van der Waals surface area (Å²) in [5, 5.41) is 0. The molecule has 0 N–H and O–H groups in total. The highest BCUT2D eigenvalue weighted by Gasteiger charge is 2.03. The van der Waals surface area contributed by atoms with Gasteiger partial charge in [-0.2, -0.15) is 58.8 Å². The second-order valence-electron chi connectivity index (χ2n) is 3.48. The van der Waals surface area contributed by atoms with Gasteiger partial charge in [0.05, 0.1) is 11.5 Å². The molecule has 1 rings (SSSR count). The van der Waals surface area contributed by atoms with E-state index in [0.717, 1.165) is 23.0 Å². The van der Waals surface area contributed by atoms with Gasteiger partial charge in [-0.1, -0.05) is 0 Å². The lowest BCUT2D eigenvalue weighted by molar-refractivity contribution is -0.114. The maximum absolute atomic E-state index is 11.5. The molecular weight excluding hydrogens is 308 g/mol. The Morgan fingerprint density at radius 1 is 0.529 bits per heavy atom. The molecule has 0 amide bonds. The SMILES string of the molecule is O=C1CSCCSCCSCCSCCSC1.